The van der Waals surface area contributed by atoms with Crippen LogP contribution in [0.15, 0.2) is 24.3 Å². The summed E-state index contributed by atoms with van der Waals surface area (Å²) in [5.41, 5.74) is 4.16. The Bertz CT molecular complexity index is 801. The van der Waals surface area contributed by atoms with E-state index in [0.29, 0.717) is 11.5 Å². The zero-order valence-electron chi connectivity index (χ0n) is 14.8. The largest absolute Gasteiger partial charge is 0.370 e. The molecule has 0 bridgehead atoms. The van der Waals surface area contributed by atoms with Crippen LogP contribution in [0.1, 0.15) is 48.4 Å². The van der Waals surface area contributed by atoms with E-state index in [1.54, 1.807) is 0 Å². The number of rotatable bonds is 2. The van der Waals surface area contributed by atoms with Crippen molar-refractivity contribution in [1.29, 1.82) is 5.26 Å². The number of nitrogens with zero attached hydrogens (tertiary/aromatic N) is 4. The first-order valence-electron chi connectivity index (χ1n) is 9.31. The fourth-order valence-corrected chi connectivity index (χ4v) is 4.17. The highest BCUT2D eigenvalue weighted by atomic mass is 15.3. The molecule has 4 rings (SSSR count). The van der Waals surface area contributed by atoms with Crippen LogP contribution in [0.5, 0.6) is 0 Å². The van der Waals surface area contributed by atoms with E-state index in [4.69, 9.17) is 5.10 Å². The van der Waals surface area contributed by atoms with Gasteiger partial charge in [0.1, 0.15) is 11.9 Å². The number of hydrogen-bond donors (Lipinski definition) is 1. The highest BCUT2D eigenvalue weighted by Gasteiger charge is 2.29. The van der Waals surface area contributed by atoms with E-state index >= 15 is 0 Å². The summed E-state index contributed by atoms with van der Waals surface area (Å²) in [5, 5.41) is 18.1. The van der Waals surface area contributed by atoms with Crippen molar-refractivity contribution in [1.82, 2.24) is 14.7 Å². The Morgan fingerprint density at radius 2 is 2.12 bits per heavy atom. The minimum Gasteiger partial charge on any atom is -0.370 e. The molecule has 2 aromatic rings. The van der Waals surface area contributed by atoms with E-state index in [2.05, 4.69) is 23.3 Å². The van der Waals surface area contributed by atoms with Gasteiger partial charge in [0.15, 0.2) is 0 Å². The number of fused-ring (bicyclic) bond motifs is 1. The summed E-state index contributed by atoms with van der Waals surface area (Å²) in [6.07, 6.45) is 5.88. The molecule has 130 valence electrons. The molecule has 0 aliphatic carbocycles. The van der Waals surface area contributed by atoms with Gasteiger partial charge in [0.25, 0.3) is 0 Å². The number of benzene rings is 1. The summed E-state index contributed by atoms with van der Waals surface area (Å²) in [7, 11) is 2.20. The lowest BCUT2D eigenvalue weighted by molar-refractivity contribution is 0.247. The second kappa shape index (κ2) is 6.89. The fourth-order valence-electron chi connectivity index (χ4n) is 4.17. The minimum atomic E-state index is 0.489. The zero-order chi connectivity index (χ0) is 17.2. The van der Waals surface area contributed by atoms with Crippen LogP contribution in [0.25, 0.3) is 5.69 Å². The Labute approximate surface area is 149 Å². The Hall–Kier alpha value is -2.32. The third kappa shape index (κ3) is 3.03. The van der Waals surface area contributed by atoms with Gasteiger partial charge >= 0.3 is 0 Å². The number of nitrogens with one attached hydrogen (secondary N) is 1. The second-order valence-electron chi connectivity index (χ2n) is 7.24. The second-order valence-corrected chi connectivity index (χ2v) is 7.24. The van der Waals surface area contributed by atoms with Crippen LogP contribution in [0.3, 0.4) is 0 Å². The number of aromatic nitrogens is 2. The molecule has 3 heterocycles. The summed E-state index contributed by atoms with van der Waals surface area (Å²) >= 11 is 0. The third-order valence-corrected chi connectivity index (χ3v) is 5.42. The summed E-state index contributed by atoms with van der Waals surface area (Å²) in [6, 6.07) is 10.1. The number of hydrogen-bond acceptors (Lipinski definition) is 4. The van der Waals surface area contributed by atoms with E-state index in [9.17, 15) is 5.26 Å². The lowest BCUT2D eigenvalue weighted by Gasteiger charge is -2.29. The van der Waals surface area contributed by atoms with Crippen LogP contribution in [-0.2, 0) is 6.42 Å². The summed E-state index contributed by atoms with van der Waals surface area (Å²) in [6.45, 7) is 3.22. The van der Waals surface area contributed by atoms with Crippen molar-refractivity contribution in [2.45, 2.75) is 38.0 Å². The molecule has 2 aliphatic rings. The van der Waals surface area contributed by atoms with Crippen molar-refractivity contribution in [2.75, 3.05) is 32.0 Å². The highest BCUT2D eigenvalue weighted by Crippen LogP contribution is 2.35. The molecule has 0 radical (unpaired) electrons. The summed E-state index contributed by atoms with van der Waals surface area (Å²) in [5.74, 6) is 1.59. The molecule has 0 amide bonds. The van der Waals surface area contributed by atoms with E-state index in [0.717, 1.165) is 31.0 Å². The van der Waals surface area contributed by atoms with Gasteiger partial charge in [0.2, 0.25) is 0 Å². The standard InChI is InChI=1S/C20H25N5/c1-24-12-6-8-16(14-24)19-17-9-4-5-11-22-20(17)25(23-19)18-10-3-2-7-15(18)13-21/h2-3,7,10,16,22H,4-6,8-9,11-12,14H2,1H3. The first-order valence-corrected chi connectivity index (χ1v) is 9.31. The molecular weight excluding hydrogens is 310 g/mol. The summed E-state index contributed by atoms with van der Waals surface area (Å²) in [4.78, 5) is 2.41. The number of likely N-dealkylation sites (tertiary alicyclic amines) is 1. The fraction of sp³-hybridized carbons (Fsp3) is 0.500. The van der Waals surface area contributed by atoms with Gasteiger partial charge < -0.3 is 10.2 Å². The van der Waals surface area contributed by atoms with Crippen LogP contribution in [0.2, 0.25) is 0 Å². The molecule has 1 aromatic carbocycles. The van der Waals surface area contributed by atoms with Crippen molar-refractivity contribution in [3.63, 3.8) is 0 Å². The Balaban J connectivity index is 1.84. The van der Waals surface area contributed by atoms with Crippen molar-refractivity contribution < 1.29 is 0 Å². The van der Waals surface area contributed by atoms with E-state index in [1.807, 2.05) is 28.9 Å². The lowest BCUT2D eigenvalue weighted by atomic mass is 9.91. The predicted molar refractivity (Wildman–Crippen MR) is 99.2 cm³/mol. The summed E-state index contributed by atoms with van der Waals surface area (Å²) < 4.78 is 1.99. The van der Waals surface area contributed by atoms with Crippen molar-refractivity contribution in [3.8, 4) is 11.8 Å². The molecule has 1 aromatic heterocycles. The quantitative estimate of drug-likeness (QED) is 0.915. The first-order chi connectivity index (χ1) is 12.3. The maximum absolute atomic E-state index is 9.51. The lowest BCUT2D eigenvalue weighted by Crippen LogP contribution is -2.31. The Morgan fingerprint density at radius 1 is 1.24 bits per heavy atom. The van der Waals surface area contributed by atoms with Gasteiger partial charge in [-0.1, -0.05) is 12.1 Å². The number of piperidine rings is 1. The van der Waals surface area contributed by atoms with E-state index in [1.165, 1.54) is 43.5 Å². The number of nitriles is 1. The van der Waals surface area contributed by atoms with Gasteiger partial charge in [-0.15, -0.1) is 0 Å². The number of para-hydroxylation sites is 1. The molecule has 1 saturated heterocycles. The molecule has 0 saturated carbocycles. The van der Waals surface area contributed by atoms with Gasteiger partial charge in [-0.05, 0) is 57.8 Å². The molecule has 1 N–H and O–H groups in total. The van der Waals surface area contributed by atoms with Gasteiger partial charge in [0, 0.05) is 24.6 Å². The molecule has 25 heavy (non-hydrogen) atoms. The average Bonchev–Trinajstić information content (AvgIpc) is 2.82. The molecular formula is C20H25N5. The Kier molecular flexibility index (Phi) is 4.46. The van der Waals surface area contributed by atoms with Crippen molar-refractivity contribution in [3.05, 3.63) is 41.1 Å². The molecule has 5 heteroatoms. The highest BCUT2D eigenvalue weighted by molar-refractivity contribution is 5.59. The first kappa shape index (κ1) is 16.2. The van der Waals surface area contributed by atoms with Gasteiger partial charge in [-0.3, -0.25) is 0 Å². The predicted octanol–water partition coefficient (Wildman–Crippen LogP) is 3.30. The average molecular weight is 335 g/mol. The van der Waals surface area contributed by atoms with E-state index < -0.39 is 0 Å². The maximum Gasteiger partial charge on any atom is 0.133 e. The number of anilines is 1. The number of likely N-dealkylation sites (N-methyl/N-ethyl adjacent to an activating group) is 1. The van der Waals surface area contributed by atoms with Gasteiger partial charge in [0.05, 0.1) is 16.9 Å². The molecule has 1 unspecified atom stereocenters. The normalized spacial score (nSPS) is 21.0. The van der Waals surface area contributed by atoms with Crippen molar-refractivity contribution >= 4 is 5.82 Å². The van der Waals surface area contributed by atoms with Crippen LogP contribution >= 0.6 is 0 Å². The molecule has 0 spiro atoms. The molecule has 5 nitrogen and oxygen atoms in total. The van der Waals surface area contributed by atoms with Gasteiger partial charge in [-0.2, -0.15) is 10.4 Å². The van der Waals surface area contributed by atoms with Crippen LogP contribution in [-0.4, -0.2) is 41.4 Å². The smallest absolute Gasteiger partial charge is 0.133 e. The Morgan fingerprint density at radius 3 is 2.96 bits per heavy atom. The monoisotopic (exact) mass is 335 g/mol. The maximum atomic E-state index is 9.51. The SMILES string of the molecule is CN1CCCC(c2nn(-c3ccccc3C#N)c3c2CCCCN3)C1. The zero-order valence-corrected chi connectivity index (χ0v) is 14.8. The van der Waals surface area contributed by atoms with Crippen LogP contribution in [0.4, 0.5) is 5.82 Å². The molecule has 1 atom stereocenters. The van der Waals surface area contributed by atoms with E-state index in [-0.39, 0.29) is 0 Å². The van der Waals surface area contributed by atoms with Crippen LogP contribution in [0, 0.1) is 11.3 Å². The third-order valence-electron chi connectivity index (χ3n) is 5.42. The van der Waals surface area contributed by atoms with Gasteiger partial charge in [-0.25, -0.2) is 4.68 Å². The minimum absolute atomic E-state index is 0.489. The van der Waals surface area contributed by atoms with Crippen LogP contribution < -0.4 is 5.32 Å². The molecule has 2 aliphatic heterocycles. The van der Waals surface area contributed by atoms with Crippen molar-refractivity contribution in [2.24, 2.45) is 0 Å². The topological polar surface area (TPSA) is 56.9 Å². The molecule has 1 fully saturated rings.